The first-order valence-electron chi connectivity index (χ1n) is 7.88. The first-order valence-corrected chi connectivity index (χ1v) is 7.88. The van der Waals surface area contributed by atoms with Crippen molar-refractivity contribution in [3.8, 4) is 0 Å². The zero-order chi connectivity index (χ0) is 15.8. The molecule has 0 fully saturated rings. The Labute approximate surface area is 135 Å². The van der Waals surface area contributed by atoms with Gasteiger partial charge in [0.05, 0.1) is 5.69 Å². The number of rotatable bonds is 4. The molecule has 4 rings (SSSR count). The third kappa shape index (κ3) is 2.62. The predicted octanol–water partition coefficient (Wildman–Crippen LogP) is 3.76. The highest BCUT2D eigenvalue weighted by Crippen LogP contribution is 2.19. The maximum absolute atomic E-state index is 4.72. The molecule has 23 heavy (non-hydrogen) atoms. The van der Waals surface area contributed by atoms with Gasteiger partial charge in [0.15, 0.2) is 0 Å². The summed E-state index contributed by atoms with van der Waals surface area (Å²) in [5, 5.41) is 1.26. The lowest BCUT2D eigenvalue weighted by Gasteiger charge is -2.15. The standard InChI is InChI=1S/C19H20N4/c1-14-5-3-8-18-21-17(13-23(14)18)12-22(2)11-16-7-4-6-15-9-10-20-19(15)16/h3-10,13,20H,11-12H2,1-2H3. The maximum Gasteiger partial charge on any atom is 0.137 e. The molecule has 0 aliphatic rings. The second-order valence-electron chi connectivity index (χ2n) is 6.16. The van der Waals surface area contributed by atoms with Gasteiger partial charge in [0.2, 0.25) is 0 Å². The summed E-state index contributed by atoms with van der Waals surface area (Å²) in [5.74, 6) is 0. The Bertz CT molecular complexity index is 964. The molecule has 116 valence electrons. The molecule has 3 heterocycles. The van der Waals surface area contributed by atoms with Gasteiger partial charge in [-0.1, -0.05) is 24.3 Å². The summed E-state index contributed by atoms with van der Waals surface area (Å²) in [7, 11) is 2.14. The fourth-order valence-electron chi connectivity index (χ4n) is 3.18. The van der Waals surface area contributed by atoms with Crippen LogP contribution in [0.15, 0.2) is 54.9 Å². The highest BCUT2D eigenvalue weighted by molar-refractivity contribution is 5.82. The lowest BCUT2D eigenvalue weighted by molar-refractivity contribution is 0.316. The summed E-state index contributed by atoms with van der Waals surface area (Å²) in [6.07, 6.45) is 4.13. The fourth-order valence-corrected chi connectivity index (χ4v) is 3.18. The van der Waals surface area contributed by atoms with Crippen LogP contribution >= 0.6 is 0 Å². The topological polar surface area (TPSA) is 36.3 Å². The number of aryl methyl sites for hydroxylation is 1. The summed E-state index contributed by atoms with van der Waals surface area (Å²) in [4.78, 5) is 10.4. The number of imidazole rings is 1. The molecule has 0 amide bonds. The van der Waals surface area contributed by atoms with Gasteiger partial charge >= 0.3 is 0 Å². The van der Waals surface area contributed by atoms with E-state index in [0.29, 0.717) is 0 Å². The number of fused-ring (bicyclic) bond motifs is 2. The number of hydrogen-bond donors (Lipinski definition) is 1. The van der Waals surface area contributed by atoms with E-state index >= 15 is 0 Å². The van der Waals surface area contributed by atoms with Crippen LogP contribution in [-0.2, 0) is 13.1 Å². The molecule has 0 atom stereocenters. The van der Waals surface area contributed by atoms with Gasteiger partial charge in [0, 0.05) is 36.7 Å². The lowest BCUT2D eigenvalue weighted by atomic mass is 10.1. The Morgan fingerprint density at radius 1 is 1.09 bits per heavy atom. The molecule has 0 unspecified atom stereocenters. The minimum Gasteiger partial charge on any atom is -0.361 e. The van der Waals surface area contributed by atoms with Gasteiger partial charge in [0.1, 0.15) is 5.65 Å². The summed E-state index contributed by atoms with van der Waals surface area (Å²) in [6, 6.07) is 14.8. The highest BCUT2D eigenvalue weighted by atomic mass is 15.1. The number of aromatic amines is 1. The summed E-state index contributed by atoms with van der Waals surface area (Å²) < 4.78 is 2.15. The summed E-state index contributed by atoms with van der Waals surface area (Å²) in [5.41, 5.74) is 5.86. The smallest absolute Gasteiger partial charge is 0.137 e. The second kappa shape index (κ2) is 5.56. The largest absolute Gasteiger partial charge is 0.361 e. The molecule has 3 aromatic heterocycles. The molecule has 1 aromatic carbocycles. The van der Waals surface area contributed by atoms with E-state index in [2.05, 4.69) is 76.9 Å². The van der Waals surface area contributed by atoms with E-state index in [9.17, 15) is 0 Å². The third-order valence-corrected chi connectivity index (χ3v) is 4.29. The number of hydrogen-bond acceptors (Lipinski definition) is 2. The van der Waals surface area contributed by atoms with Gasteiger partial charge in [0.25, 0.3) is 0 Å². The molecule has 1 N–H and O–H groups in total. The average Bonchev–Trinajstić information content (AvgIpc) is 3.14. The van der Waals surface area contributed by atoms with E-state index in [0.717, 1.165) is 24.4 Å². The summed E-state index contributed by atoms with van der Waals surface area (Å²) in [6.45, 7) is 3.83. The van der Waals surface area contributed by atoms with Crippen LogP contribution in [0.3, 0.4) is 0 Å². The minimum atomic E-state index is 0.832. The second-order valence-corrected chi connectivity index (χ2v) is 6.16. The predicted molar refractivity (Wildman–Crippen MR) is 93.4 cm³/mol. The average molecular weight is 304 g/mol. The molecule has 0 aliphatic heterocycles. The van der Waals surface area contributed by atoms with Crippen LogP contribution in [0.5, 0.6) is 0 Å². The van der Waals surface area contributed by atoms with Gasteiger partial charge in [-0.05, 0) is 43.1 Å². The molecule has 0 aliphatic carbocycles. The number of nitrogens with one attached hydrogen (secondary N) is 1. The zero-order valence-electron chi connectivity index (χ0n) is 13.5. The van der Waals surface area contributed by atoms with Crippen molar-refractivity contribution in [2.24, 2.45) is 0 Å². The number of nitrogens with zero attached hydrogens (tertiary/aromatic N) is 3. The molecule has 0 radical (unpaired) electrons. The minimum absolute atomic E-state index is 0.832. The van der Waals surface area contributed by atoms with Crippen molar-refractivity contribution in [2.45, 2.75) is 20.0 Å². The molecule has 0 bridgehead atoms. The van der Waals surface area contributed by atoms with Gasteiger partial charge < -0.3 is 9.38 Å². The van der Waals surface area contributed by atoms with E-state index < -0.39 is 0 Å². The molecule has 0 spiro atoms. The molecule has 4 heteroatoms. The van der Waals surface area contributed by atoms with Crippen LogP contribution in [0.4, 0.5) is 0 Å². The SMILES string of the molecule is Cc1cccc2nc(CN(C)Cc3cccc4cc[nH]c34)cn12. The Morgan fingerprint density at radius 3 is 2.83 bits per heavy atom. The molecule has 0 saturated carbocycles. The van der Waals surface area contributed by atoms with Gasteiger partial charge in [-0.15, -0.1) is 0 Å². The molecule has 0 saturated heterocycles. The Kier molecular flexibility index (Phi) is 3.39. The maximum atomic E-state index is 4.72. The van der Waals surface area contributed by atoms with Gasteiger partial charge in [-0.25, -0.2) is 4.98 Å². The normalized spacial score (nSPS) is 11.8. The van der Waals surface area contributed by atoms with Crippen molar-refractivity contribution >= 4 is 16.6 Å². The first-order chi connectivity index (χ1) is 11.2. The molecular formula is C19H20N4. The highest BCUT2D eigenvalue weighted by Gasteiger charge is 2.09. The number of pyridine rings is 1. The number of H-pyrrole nitrogens is 1. The van der Waals surface area contributed by atoms with Gasteiger partial charge in [-0.3, -0.25) is 4.90 Å². The number of para-hydroxylation sites is 1. The van der Waals surface area contributed by atoms with Crippen molar-refractivity contribution in [3.63, 3.8) is 0 Å². The fraction of sp³-hybridized carbons (Fsp3) is 0.211. The lowest BCUT2D eigenvalue weighted by Crippen LogP contribution is -2.17. The monoisotopic (exact) mass is 304 g/mol. The van der Waals surface area contributed by atoms with Crippen LogP contribution in [0, 0.1) is 6.92 Å². The Balaban J connectivity index is 1.56. The van der Waals surface area contributed by atoms with Crippen molar-refractivity contribution in [1.29, 1.82) is 0 Å². The molecule has 4 aromatic rings. The van der Waals surface area contributed by atoms with Gasteiger partial charge in [-0.2, -0.15) is 0 Å². The van der Waals surface area contributed by atoms with E-state index in [1.807, 2.05) is 6.20 Å². The Hall–Kier alpha value is -2.59. The Morgan fingerprint density at radius 2 is 1.96 bits per heavy atom. The number of benzene rings is 1. The quantitative estimate of drug-likeness (QED) is 0.623. The van der Waals surface area contributed by atoms with Crippen LogP contribution in [0.2, 0.25) is 0 Å². The van der Waals surface area contributed by atoms with Crippen LogP contribution in [0.1, 0.15) is 17.0 Å². The summed E-state index contributed by atoms with van der Waals surface area (Å²) >= 11 is 0. The third-order valence-electron chi connectivity index (χ3n) is 4.29. The van der Waals surface area contributed by atoms with Crippen LogP contribution in [0.25, 0.3) is 16.6 Å². The van der Waals surface area contributed by atoms with E-state index in [1.165, 1.54) is 22.2 Å². The van der Waals surface area contributed by atoms with Crippen LogP contribution in [-0.4, -0.2) is 26.3 Å². The van der Waals surface area contributed by atoms with Crippen molar-refractivity contribution in [2.75, 3.05) is 7.05 Å². The van der Waals surface area contributed by atoms with Crippen LogP contribution < -0.4 is 0 Å². The molecular weight excluding hydrogens is 284 g/mol. The molecule has 4 nitrogen and oxygen atoms in total. The first kappa shape index (κ1) is 14.0. The van der Waals surface area contributed by atoms with E-state index in [1.54, 1.807) is 0 Å². The van der Waals surface area contributed by atoms with Crippen molar-refractivity contribution < 1.29 is 0 Å². The van der Waals surface area contributed by atoms with Crippen molar-refractivity contribution in [3.05, 3.63) is 71.8 Å². The number of aromatic nitrogens is 3. The van der Waals surface area contributed by atoms with Crippen molar-refractivity contribution in [1.82, 2.24) is 19.3 Å². The van der Waals surface area contributed by atoms with E-state index in [-0.39, 0.29) is 0 Å². The van der Waals surface area contributed by atoms with E-state index in [4.69, 9.17) is 4.98 Å². The zero-order valence-corrected chi connectivity index (χ0v) is 13.5.